The van der Waals surface area contributed by atoms with E-state index in [1.807, 2.05) is 48.5 Å². The van der Waals surface area contributed by atoms with Crippen LogP contribution in [0, 0.1) is 12.7 Å². The van der Waals surface area contributed by atoms with Gasteiger partial charge in [0.25, 0.3) is 0 Å². The van der Waals surface area contributed by atoms with Crippen molar-refractivity contribution in [3.8, 4) is 33.8 Å². The predicted molar refractivity (Wildman–Crippen MR) is 99.7 cm³/mol. The second kappa shape index (κ2) is 6.40. The maximum Gasteiger partial charge on any atom is 0.142 e. The molecule has 0 aliphatic carbocycles. The molecule has 1 aromatic heterocycles. The fraction of sp³-hybridized carbons (Fsp3) is 0.0435. The lowest BCUT2D eigenvalue weighted by Gasteiger charge is -2.04. The smallest absolute Gasteiger partial charge is 0.142 e. The van der Waals surface area contributed by atoms with E-state index >= 15 is 0 Å². The summed E-state index contributed by atoms with van der Waals surface area (Å²) in [4.78, 5) is 0. The molecule has 0 saturated carbocycles. The lowest BCUT2D eigenvalue weighted by molar-refractivity contribution is 0.595. The highest BCUT2D eigenvalue weighted by molar-refractivity contribution is 5.87. The van der Waals surface area contributed by atoms with Crippen LogP contribution in [0.25, 0.3) is 33.8 Å². The van der Waals surface area contributed by atoms with Gasteiger partial charge in [0.15, 0.2) is 0 Å². The molecule has 0 N–H and O–H groups in total. The Morgan fingerprint density at radius 2 is 1.12 bits per heavy atom. The van der Waals surface area contributed by atoms with E-state index < -0.39 is 0 Å². The van der Waals surface area contributed by atoms with Crippen molar-refractivity contribution in [3.05, 3.63) is 96.3 Å². The molecule has 4 aromatic rings. The van der Waals surface area contributed by atoms with Crippen LogP contribution in [-0.2, 0) is 0 Å². The van der Waals surface area contributed by atoms with Crippen molar-refractivity contribution in [2.45, 2.75) is 6.92 Å². The second-order valence-electron chi connectivity index (χ2n) is 6.00. The third-order valence-corrected chi connectivity index (χ3v) is 4.35. The fourth-order valence-electron chi connectivity index (χ4n) is 3.14. The molecule has 0 saturated heterocycles. The van der Waals surface area contributed by atoms with Crippen molar-refractivity contribution in [2.75, 3.05) is 0 Å². The molecule has 0 radical (unpaired) electrons. The van der Waals surface area contributed by atoms with Gasteiger partial charge in [-0.3, -0.25) is 0 Å². The zero-order chi connectivity index (χ0) is 17.2. The van der Waals surface area contributed by atoms with Gasteiger partial charge in [-0.15, -0.1) is 0 Å². The minimum Gasteiger partial charge on any atom is -0.455 e. The monoisotopic (exact) mass is 328 g/mol. The standard InChI is InChI=1S/C23H17FO/c1-16-21(17-8-4-2-5-9-17)23(18-10-6-3-7-11-18)25-22(16)19-12-14-20(24)15-13-19/h2-15H,1H3. The highest BCUT2D eigenvalue weighted by Crippen LogP contribution is 2.42. The van der Waals surface area contributed by atoms with Crippen LogP contribution in [0.2, 0.25) is 0 Å². The summed E-state index contributed by atoms with van der Waals surface area (Å²) in [6.07, 6.45) is 0. The first-order valence-corrected chi connectivity index (χ1v) is 8.24. The molecular formula is C23H17FO. The Kier molecular flexibility index (Phi) is 3.95. The Hall–Kier alpha value is -3.13. The van der Waals surface area contributed by atoms with Gasteiger partial charge in [0.1, 0.15) is 17.3 Å². The molecule has 1 nitrogen and oxygen atoms in total. The summed E-state index contributed by atoms with van der Waals surface area (Å²) in [6.45, 7) is 2.05. The first-order valence-electron chi connectivity index (χ1n) is 8.24. The van der Waals surface area contributed by atoms with Gasteiger partial charge in [-0.05, 0) is 36.8 Å². The first kappa shape index (κ1) is 15.4. The van der Waals surface area contributed by atoms with Crippen LogP contribution in [0.1, 0.15) is 5.56 Å². The molecule has 2 heteroatoms. The maximum absolute atomic E-state index is 13.3. The highest BCUT2D eigenvalue weighted by atomic mass is 19.1. The van der Waals surface area contributed by atoms with Crippen molar-refractivity contribution in [2.24, 2.45) is 0 Å². The number of benzene rings is 3. The molecule has 25 heavy (non-hydrogen) atoms. The average molecular weight is 328 g/mol. The van der Waals surface area contributed by atoms with Gasteiger partial charge in [-0.1, -0.05) is 60.7 Å². The Balaban J connectivity index is 1.97. The van der Waals surface area contributed by atoms with Gasteiger partial charge in [-0.25, -0.2) is 4.39 Å². The minimum atomic E-state index is -0.250. The molecule has 0 fully saturated rings. The molecule has 122 valence electrons. The molecular weight excluding hydrogens is 311 g/mol. The third kappa shape index (κ3) is 2.87. The first-order chi connectivity index (χ1) is 12.2. The van der Waals surface area contributed by atoms with Crippen LogP contribution in [-0.4, -0.2) is 0 Å². The minimum absolute atomic E-state index is 0.250. The molecule has 0 aliphatic rings. The summed E-state index contributed by atoms with van der Waals surface area (Å²) in [6, 6.07) is 26.7. The van der Waals surface area contributed by atoms with Gasteiger partial charge in [0.05, 0.1) is 0 Å². The zero-order valence-electron chi connectivity index (χ0n) is 13.9. The molecule has 4 rings (SSSR count). The van der Waals surface area contributed by atoms with Crippen LogP contribution >= 0.6 is 0 Å². The predicted octanol–water partition coefficient (Wildman–Crippen LogP) is 6.73. The summed E-state index contributed by atoms with van der Waals surface area (Å²) < 4.78 is 19.6. The van der Waals surface area contributed by atoms with Crippen LogP contribution < -0.4 is 0 Å². The summed E-state index contributed by atoms with van der Waals surface area (Å²) in [5, 5.41) is 0. The number of halogens is 1. The average Bonchev–Trinajstić information content (AvgIpc) is 3.01. The van der Waals surface area contributed by atoms with E-state index in [1.54, 1.807) is 12.1 Å². The van der Waals surface area contributed by atoms with Crippen molar-refractivity contribution in [1.29, 1.82) is 0 Å². The number of hydrogen-bond acceptors (Lipinski definition) is 1. The summed E-state index contributed by atoms with van der Waals surface area (Å²) in [5.41, 5.74) is 5.13. The van der Waals surface area contributed by atoms with Crippen molar-refractivity contribution in [1.82, 2.24) is 0 Å². The maximum atomic E-state index is 13.3. The molecule has 3 aromatic carbocycles. The van der Waals surface area contributed by atoms with E-state index in [9.17, 15) is 4.39 Å². The lowest BCUT2D eigenvalue weighted by atomic mass is 9.96. The van der Waals surface area contributed by atoms with Crippen LogP contribution in [0.3, 0.4) is 0 Å². The largest absolute Gasteiger partial charge is 0.455 e. The van der Waals surface area contributed by atoms with E-state index in [1.165, 1.54) is 12.1 Å². The Labute approximate surface area is 146 Å². The van der Waals surface area contributed by atoms with Crippen molar-refractivity contribution >= 4 is 0 Å². The topological polar surface area (TPSA) is 13.1 Å². The molecule has 0 aliphatic heterocycles. The Morgan fingerprint density at radius 3 is 1.72 bits per heavy atom. The van der Waals surface area contributed by atoms with Crippen LogP contribution in [0.5, 0.6) is 0 Å². The molecule has 0 bridgehead atoms. The van der Waals surface area contributed by atoms with E-state index in [4.69, 9.17) is 4.42 Å². The second-order valence-corrected chi connectivity index (χ2v) is 6.00. The summed E-state index contributed by atoms with van der Waals surface area (Å²) in [5.74, 6) is 1.36. The number of rotatable bonds is 3. The normalized spacial score (nSPS) is 10.8. The van der Waals surface area contributed by atoms with E-state index in [-0.39, 0.29) is 5.82 Å². The van der Waals surface area contributed by atoms with Crippen LogP contribution in [0.4, 0.5) is 4.39 Å². The fourth-order valence-corrected chi connectivity index (χ4v) is 3.14. The molecule has 1 heterocycles. The van der Waals surface area contributed by atoms with Gasteiger partial charge in [0, 0.05) is 22.3 Å². The quantitative estimate of drug-likeness (QED) is 0.406. The Bertz CT molecular complexity index is 984. The van der Waals surface area contributed by atoms with E-state index in [0.717, 1.165) is 39.3 Å². The summed E-state index contributed by atoms with van der Waals surface area (Å²) >= 11 is 0. The van der Waals surface area contributed by atoms with E-state index in [0.29, 0.717) is 0 Å². The van der Waals surface area contributed by atoms with Gasteiger partial charge < -0.3 is 4.42 Å². The molecule has 0 atom stereocenters. The lowest BCUT2D eigenvalue weighted by Crippen LogP contribution is -1.83. The number of furan rings is 1. The molecule has 0 unspecified atom stereocenters. The van der Waals surface area contributed by atoms with Crippen molar-refractivity contribution in [3.63, 3.8) is 0 Å². The van der Waals surface area contributed by atoms with Gasteiger partial charge >= 0.3 is 0 Å². The van der Waals surface area contributed by atoms with E-state index in [2.05, 4.69) is 19.1 Å². The molecule has 0 spiro atoms. The Morgan fingerprint density at radius 1 is 0.600 bits per heavy atom. The third-order valence-electron chi connectivity index (χ3n) is 4.35. The summed E-state index contributed by atoms with van der Waals surface area (Å²) in [7, 11) is 0. The van der Waals surface area contributed by atoms with Crippen LogP contribution in [0.15, 0.2) is 89.3 Å². The van der Waals surface area contributed by atoms with Gasteiger partial charge in [-0.2, -0.15) is 0 Å². The highest BCUT2D eigenvalue weighted by Gasteiger charge is 2.20. The SMILES string of the molecule is Cc1c(-c2ccc(F)cc2)oc(-c2ccccc2)c1-c1ccccc1. The zero-order valence-corrected chi connectivity index (χ0v) is 13.9. The number of hydrogen-bond donors (Lipinski definition) is 0. The van der Waals surface area contributed by atoms with Gasteiger partial charge in [0.2, 0.25) is 0 Å². The van der Waals surface area contributed by atoms with Crippen molar-refractivity contribution < 1.29 is 8.81 Å². The molecule has 0 amide bonds.